The van der Waals surface area contributed by atoms with Crippen molar-refractivity contribution in [1.82, 2.24) is 0 Å². The van der Waals surface area contributed by atoms with Crippen molar-refractivity contribution in [3.05, 3.63) is 24.3 Å². The second kappa shape index (κ2) is 49.5. The minimum Gasteiger partial charge on any atom is -0.462 e. The van der Waals surface area contributed by atoms with Crippen LogP contribution in [0.4, 0.5) is 0 Å². The molecule has 6 heteroatoms. The lowest BCUT2D eigenvalue weighted by Crippen LogP contribution is -2.30. The van der Waals surface area contributed by atoms with Crippen molar-refractivity contribution < 1.29 is 28.6 Å². The van der Waals surface area contributed by atoms with Gasteiger partial charge < -0.3 is 14.2 Å². The second-order valence-corrected chi connectivity index (χ2v) is 17.8. The first-order valence-corrected chi connectivity index (χ1v) is 26.3. The summed E-state index contributed by atoms with van der Waals surface area (Å²) in [6, 6.07) is 0. The number of allylic oxidation sites excluding steroid dienone is 4. The van der Waals surface area contributed by atoms with Crippen LogP contribution in [-0.2, 0) is 28.6 Å². The Labute approximate surface area is 373 Å². The molecule has 0 saturated carbocycles. The van der Waals surface area contributed by atoms with Crippen molar-refractivity contribution in [2.75, 3.05) is 13.2 Å². The lowest BCUT2D eigenvalue weighted by molar-refractivity contribution is -0.166. The van der Waals surface area contributed by atoms with Crippen LogP contribution in [0.25, 0.3) is 0 Å². The molecule has 0 rings (SSSR count). The fraction of sp³-hybridized carbons (Fsp3) is 0.870. The molecule has 0 spiro atoms. The van der Waals surface area contributed by atoms with Gasteiger partial charge in [0.25, 0.3) is 0 Å². The molecule has 0 aromatic heterocycles. The zero-order chi connectivity index (χ0) is 43.7. The van der Waals surface area contributed by atoms with Crippen LogP contribution < -0.4 is 0 Å². The van der Waals surface area contributed by atoms with E-state index in [4.69, 9.17) is 14.2 Å². The van der Waals surface area contributed by atoms with Gasteiger partial charge in [-0.3, -0.25) is 14.4 Å². The van der Waals surface area contributed by atoms with Crippen molar-refractivity contribution in [1.29, 1.82) is 0 Å². The van der Waals surface area contributed by atoms with Crippen LogP contribution in [0.2, 0.25) is 0 Å². The van der Waals surface area contributed by atoms with Crippen LogP contribution in [-0.4, -0.2) is 37.2 Å². The summed E-state index contributed by atoms with van der Waals surface area (Å²) in [5.41, 5.74) is 0. The third kappa shape index (κ3) is 46.9. The highest BCUT2D eigenvalue weighted by Gasteiger charge is 2.19. The Morgan fingerprint density at radius 1 is 0.333 bits per heavy atom. The van der Waals surface area contributed by atoms with Crippen molar-refractivity contribution in [3.63, 3.8) is 0 Å². The summed E-state index contributed by atoms with van der Waals surface area (Å²) in [5.74, 6) is -0.945. The maximum Gasteiger partial charge on any atom is 0.306 e. The van der Waals surface area contributed by atoms with E-state index in [0.717, 1.165) is 51.4 Å². The highest BCUT2D eigenvalue weighted by Crippen LogP contribution is 2.16. The molecule has 0 fully saturated rings. The molecule has 0 aliphatic carbocycles. The molecule has 0 aromatic carbocycles. The van der Waals surface area contributed by atoms with Crippen LogP contribution in [0.5, 0.6) is 0 Å². The first-order chi connectivity index (χ1) is 29.5. The summed E-state index contributed by atoms with van der Waals surface area (Å²) in [6.45, 7) is 6.60. The monoisotopic (exact) mass is 845 g/mol. The van der Waals surface area contributed by atoms with Gasteiger partial charge in [0.1, 0.15) is 13.2 Å². The van der Waals surface area contributed by atoms with Crippen LogP contribution in [0, 0.1) is 0 Å². The number of hydrogen-bond donors (Lipinski definition) is 0. The van der Waals surface area contributed by atoms with E-state index >= 15 is 0 Å². The highest BCUT2D eigenvalue weighted by atomic mass is 16.6. The van der Waals surface area contributed by atoms with Crippen LogP contribution >= 0.6 is 0 Å². The maximum atomic E-state index is 12.7. The Balaban J connectivity index is 4.30. The van der Waals surface area contributed by atoms with Gasteiger partial charge in [-0.1, -0.05) is 251 Å². The summed E-state index contributed by atoms with van der Waals surface area (Å²) >= 11 is 0. The summed E-state index contributed by atoms with van der Waals surface area (Å²) in [7, 11) is 0. The topological polar surface area (TPSA) is 78.9 Å². The molecule has 352 valence electrons. The predicted molar refractivity (Wildman–Crippen MR) is 256 cm³/mol. The molecule has 0 aliphatic heterocycles. The van der Waals surface area contributed by atoms with E-state index in [9.17, 15) is 14.4 Å². The van der Waals surface area contributed by atoms with Crippen molar-refractivity contribution >= 4 is 17.9 Å². The zero-order valence-electron chi connectivity index (χ0n) is 40.2. The first kappa shape index (κ1) is 57.9. The highest BCUT2D eigenvalue weighted by molar-refractivity contribution is 5.71. The minimum atomic E-state index is -0.794. The van der Waals surface area contributed by atoms with E-state index in [0.29, 0.717) is 19.3 Å². The average Bonchev–Trinajstić information content (AvgIpc) is 3.24. The van der Waals surface area contributed by atoms with E-state index in [1.54, 1.807) is 0 Å². The Morgan fingerprint density at radius 3 is 0.983 bits per heavy atom. The summed E-state index contributed by atoms with van der Waals surface area (Å²) in [5, 5.41) is 0. The molecule has 0 saturated heterocycles. The molecule has 6 nitrogen and oxygen atoms in total. The minimum absolute atomic E-state index is 0.0888. The molecular formula is C54H100O6. The molecule has 1 unspecified atom stereocenters. The van der Waals surface area contributed by atoms with Crippen LogP contribution in [0.15, 0.2) is 24.3 Å². The fourth-order valence-corrected chi connectivity index (χ4v) is 7.73. The molecule has 0 N–H and O–H groups in total. The number of unbranched alkanes of at least 4 members (excludes halogenated alkanes) is 33. The molecule has 1 atom stereocenters. The van der Waals surface area contributed by atoms with Gasteiger partial charge in [0.05, 0.1) is 0 Å². The Bertz CT molecular complexity index is 973. The normalized spacial score (nSPS) is 12.1. The van der Waals surface area contributed by atoms with Crippen molar-refractivity contribution in [2.24, 2.45) is 0 Å². The predicted octanol–water partition coefficient (Wildman–Crippen LogP) is 17.2. The van der Waals surface area contributed by atoms with Crippen LogP contribution in [0.1, 0.15) is 284 Å². The van der Waals surface area contributed by atoms with Gasteiger partial charge in [-0.2, -0.15) is 0 Å². The van der Waals surface area contributed by atoms with E-state index in [2.05, 4.69) is 39.0 Å². The van der Waals surface area contributed by atoms with Crippen LogP contribution in [0.3, 0.4) is 0 Å². The fourth-order valence-electron chi connectivity index (χ4n) is 7.73. The first-order valence-electron chi connectivity index (χ1n) is 26.3. The number of carbonyl (C=O) groups excluding carboxylic acids is 3. The van der Waals surface area contributed by atoms with Gasteiger partial charge >= 0.3 is 17.9 Å². The lowest BCUT2D eigenvalue weighted by Gasteiger charge is -2.18. The standard InChI is InChI=1S/C54H100O6/c1-4-7-10-13-16-19-22-24-25-26-27-28-29-31-32-35-38-41-44-47-53(56)59-50-51(49-58-52(55)46-43-40-37-34-21-18-15-12-9-6-3)60-54(57)48-45-42-39-36-33-30-23-20-17-14-11-8-5-2/h30,33,39,42,51H,4-29,31-32,34-38,40-41,43-50H2,1-3H3/b33-30-,42-39-. The second-order valence-electron chi connectivity index (χ2n) is 17.8. The molecular weight excluding hydrogens is 745 g/mol. The molecule has 60 heavy (non-hydrogen) atoms. The van der Waals surface area contributed by atoms with E-state index in [1.807, 2.05) is 6.08 Å². The molecule has 0 heterocycles. The smallest absolute Gasteiger partial charge is 0.306 e. The van der Waals surface area contributed by atoms with Gasteiger partial charge in [0.15, 0.2) is 6.10 Å². The quantitative estimate of drug-likeness (QED) is 0.0263. The van der Waals surface area contributed by atoms with E-state index < -0.39 is 6.10 Å². The SMILES string of the molecule is CCCCCCCC/C=C\C/C=C\CCC(=O)OC(COC(=O)CCCCCCCCCCCC)COC(=O)CCCCCCCCCCCCCCCCCCCCC. The van der Waals surface area contributed by atoms with Gasteiger partial charge in [0, 0.05) is 19.3 Å². The van der Waals surface area contributed by atoms with Gasteiger partial charge in [-0.05, 0) is 38.5 Å². The number of carbonyl (C=O) groups is 3. The lowest BCUT2D eigenvalue weighted by atomic mass is 10.0. The summed E-state index contributed by atoms with van der Waals surface area (Å²) in [4.78, 5) is 37.8. The third-order valence-corrected chi connectivity index (χ3v) is 11.7. The third-order valence-electron chi connectivity index (χ3n) is 11.7. The molecule has 0 aromatic rings. The number of ether oxygens (including phenoxy) is 3. The van der Waals surface area contributed by atoms with Gasteiger partial charge in [-0.15, -0.1) is 0 Å². The molecule has 0 radical (unpaired) electrons. The zero-order valence-corrected chi connectivity index (χ0v) is 40.2. The van der Waals surface area contributed by atoms with Gasteiger partial charge in [-0.25, -0.2) is 0 Å². The Hall–Kier alpha value is -2.11. The van der Waals surface area contributed by atoms with Crippen molar-refractivity contribution in [2.45, 2.75) is 290 Å². The van der Waals surface area contributed by atoms with E-state index in [1.165, 1.54) is 186 Å². The average molecular weight is 845 g/mol. The Kier molecular flexibility index (Phi) is 47.8. The summed E-state index contributed by atoms with van der Waals surface area (Å²) in [6.07, 6.45) is 56.1. The number of rotatable bonds is 48. The number of hydrogen-bond acceptors (Lipinski definition) is 6. The molecule has 0 aliphatic rings. The molecule has 0 bridgehead atoms. The Morgan fingerprint density at radius 2 is 0.633 bits per heavy atom. The number of esters is 3. The van der Waals surface area contributed by atoms with E-state index in [-0.39, 0.29) is 37.5 Å². The maximum absolute atomic E-state index is 12.7. The largest absolute Gasteiger partial charge is 0.462 e. The molecule has 0 amide bonds. The summed E-state index contributed by atoms with van der Waals surface area (Å²) < 4.78 is 16.7. The van der Waals surface area contributed by atoms with Gasteiger partial charge in [0.2, 0.25) is 0 Å². The van der Waals surface area contributed by atoms with Crippen molar-refractivity contribution in [3.8, 4) is 0 Å².